The van der Waals surface area contributed by atoms with Crippen LogP contribution in [0.5, 0.6) is 0 Å². The molecule has 0 saturated carbocycles. The molecule has 0 aliphatic rings. The second kappa shape index (κ2) is 13.2. The summed E-state index contributed by atoms with van der Waals surface area (Å²) in [5, 5.41) is 8.13. The summed E-state index contributed by atoms with van der Waals surface area (Å²) < 4.78 is 2.35. The Bertz CT molecular complexity index is 1160. The van der Waals surface area contributed by atoms with Gasteiger partial charge in [-0.2, -0.15) is 0 Å². The third-order valence-corrected chi connectivity index (χ3v) is 7.48. The summed E-state index contributed by atoms with van der Waals surface area (Å²) in [5.41, 5.74) is 2.38. The molecule has 1 aromatic carbocycles. The number of likely N-dealkylation sites (N-methyl/N-ethyl adjacent to an activating group) is 1. The van der Waals surface area contributed by atoms with Gasteiger partial charge in [-0.3, -0.25) is 9.59 Å². The molecule has 202 valence electrons. The Morgan fingerprint density at radius 1 is 1.08 bits per heavy atom. The Morgan fingerprint density at radius 2 is 1.81 bits per heavy atom. The third kappa shape index (κ3) is 7.65. The van der Waals surface area contributed by atoms with E-state index in [1.54, 1.807) is 11.3 Å². The monoisotopic (exact) mass is 525 g/mol. The number of carbonyl (C=O) groups excluding carboxylic acids is 2. The van der Waals surface area contributed by atoms with Crippen LogP contribution < -0.4 is 10.6 Å². The van der Waals surface area contributed by atoms with E-state index in [0.29, 0.717) is 18.0 Å². The SMILES string of the molecule is CCC(CC)n1c(Cc2cccs2)nc2cc(C(=O)N[C@@H](CC(C)C)C(=O)NC(C)CN(C)C)ccc21. The third-order valence-electron chi connectivity index (χ3n) is 6.60. The average molecular weight is 526 g/mol. The van der Waals surface area contributed by atoms with E-state index in [-0.39, 0.29) is 23.8 Å². The lowest BCUT2D eigenvalue weighted by molar-refractivity contribution is -0.124. The van der Waals surface area contributed by atoms with Crippen LogP contribution in [0, 0.1) is 5.92 Å². The van der Waals surface area contributed by atoms with Crippen molar-refractivity contribution in [1.29, 1.82) is 0 Å². The highest BCUT2D eigenvalue weighted by Crippen LogP contribution is 2.28. The molecule has 0 bridgehead atoms. The standard InChI is InChI=1S/C29H43N5O2S/c1-8-22(9-2)34-26-13-12-21(16-24(26)31-27(34)17-23-11-10-14-37-23)28(35)32-25(15-19(3)4)29(36)30-20(5)18-33(6)7/h10-14,16,19-20,22,25H,8-9,15,17-18H2,1-7H3,(H,30,36)(H,32,35)/t20?,25-/m0/s1. The first kappa shape index (κ1) is 28.9. The van der Waals surface area contributed by atoms with Crippen molar-refractivity contribution in [2.24, 2.45) is 5.92 Å². The van der Waals surface area contributed by atoms with Gasteiger partial charge in [0.05, 0.1) is 11.0 Å². The molecule has 2 amide bonds. The summed E-state index contributed by atoms with van der Waals surface area (Å²) in [6.45, 7) is 11.2. The van der Waals surface area contributed by atoms with Gasteiger partial charge in [0.1, 0.15) is 11.9 Å². The van der Waals surface area contributed by atoms with Crippen LogP contribution in [0.25, 0.3) is 11.0 Å². The maximum absolute atomic E-state index is 13.3. The normalized spacial score (nSPS) is 13.5. The number of carbonyl (C=O) groups is 2. The molecule has 0 radical (unpaired) electrons. The number of hydrogen-bond donors (Lipinski definition) is 2. The molecule has 3 rings (SSSR count). The summed E-state index contributed by atoms with van der Waals surface area (Å²) in [6, 6.07) is 9.67. The number of benzene rings is 1. The lowest BCUT2D eigenvalue weighted by Crippen LogP contribution is -2.51. The van der Waals surface area contributed by atoms with Crippen molar-refractivity contribution in [2.75, 3.05) is 20.6 Å². The molecule has 0 aliphatic heterocycles. The lowest BCUT2D eigenvalue weighted by atomic mass is 10.0. The van der Waals surface area contributed by atoms with Crippen molar-refractivity contribution in [1.82, 2.24) is 25.1 Å². The minimum atomic E-state index is -0.593. The van der Waals surface area contributed by atoms with E-state index in [0.717, 1.165) is 42.7 Å². The van der Waals surface area contributed by atoms with Gasteiger partial charge >= 0.3 is 0 Å². The van der Waals surface area contributed by atoms with Gasteiger partial charge in [-0.25, -0.2) is 4.98 Å². The van der Waals surface area contributed by atoms with Gasteiger partial charge in [0.25, 0.3) is 5.91 Å². The first-order valence-corrected chi connectivity index (χ1v) is 14.3. The molecule has 2 N–H and O–H groups in total. The van der Waals surface area contributed by atoms with Gasteiger partial charge < -0.3 is 20.1 Å². The van der Waals surface area contributed by atoms with Gasteiger partial charge in [0.2, 0.25) is 5.91 Å². The fourth-order valence-electron chi connectivity index (χ4n) is 4.93. The van der Waals surface area contributed by atoms with E-state index in [4.69, 9.17) is 4.98 Å². The second-order valence-corrected chi connectivity index (χ2v) is 11.7. The van der Waals surface area contributed by atoms with Crippen LogP contribution in [0.15, 0.2) is 35.7 Å². The number of hydrogen-bond acceptors (Lipinski definition) is 5. The topological polar surface area (TPSA) is 79.3 Å². The number of thiophene rings is 1. The Kier molecular flexibility index (Phi) is 10.3. The summed E-state index contributed by atoms with van der Waals surface area (Å²) in [4.78, 5) is 34.6. The summed E-state index contributed by atoms with van der Waals surface area (Å²) >= 11 is 1.73. The summed E-state index contributed by atoms with van der Waals surface area (Å²) in [7, 11) is 3.95. The molecule has 0 fully saturated rings. The highest BCUT2D eigenvalue weighted by atomic mass is 32.1. The van der Waals surface area contributed by atoms with Crippen molar-refractivity contribution in [3.63, 3.8) is 0 Å². The molecule has 2 atom stereocenters. The van der Waals surface area contributed by atoms with Crippen LogP contribution in [0.2, 0.25) is 0 Å². The average Bonchev–Trinajstić information content (AvgIpc) is 3.46. The molecule has 0 spiro atoms. The Labute approximate surface area is 225 Å². The fourth-order valence-corrected chi connectivity index (χ4v) is 5.63. The van der Waals surface area contributed by atoms with Crippen molar-refractivity contribution >= 4 is 34.2 Å². The number of imidazole rings is 1. The molecular weight excluding hydrogens is 482 g/mol. The van der Waals surface area contributed by atoms with E-state index in [2.05, 4.69) is 60.4 Å². The predicted octanol–water partition coefficient (Wildman–Crippen LogP) is 5.26. The van der Waals surface area contributed by atoms with Crippen LogP contribution in [-0.2, 0) is 11.2 Å². The molecule has 2 aromatic heterocycles. The molecule has 3 aromatic rings. The fraction of sp³-hybridized carbons (Fsp3) is 0.552. The molecule has 0 saturated heterocycles. The van der Waals surface area contributed by atoms with E-state index in [9.17, 15) is 9.59 Å². The van der Waals surface area contributed by atoms with Crippen LogP contribution in [0.1, 0.15) is 81.0 Å². The van der Waals surface area contributed by atoms with E-state index in [1.165, 1.54) is 4.88 Å². The molecule has 7 nitrogen and oxygen atoms in total. The smallest absolute Gasteiger partial charge is 0.252 e. The maximum atomic E-state index is 13.3. The van der Waals surface area contributed by atoms with E-state index in [1.807, 2.05) is 44.1 Å². The number of fused-ring (bicyclic) bond motifs is 1. The van der Waals surface area contributed by atoms with Gasteiger partial charge in [-0.15, -0.1) is 11.3 Å². The molecule has 0 aliphatic carbocycles. The highest BCUT2D eigenvalue weighted by molar-refractivity contribution is 7.09. The minimum absolute atomic E-state index is 0.0128. The van der Waals surface area contributed by atoms with Crippen molar-refractivity contribution in [2.45, 2.75) is 78.4 Å². The molecular formula is C29H43N5O2S. The van der Waals surface area contributed by atoms with Crippen LogP contribution in [0.3, 0.4) is 0 Å². The number of amides is 2. The van der Waals surface area contributed by atoms with Crippen molar-refractivity contribution < 1.29 is 9.59 Å². The molecule has 37 heavy (non-hydrogen) atoms. The zero-order valence-electron chi connectivity index (χ0n) is 23.4. The lowest BCUT2D eigenvalue weighted by Gasteiger charge is -2.24. The second-order valence-electron chi connectivity index (χ2n) is 10.7. The number of rotatable bonds is 13. The largest absolute Gasteiger partial charge is 0.351 e. The van der Waals surface area contributed by atoms with Crippen LogP contribution in [0.4, 0.5) is 0 Å². The Hall–Kier alpha value is -2.71. The first-order chi connectivity index (χ1) is 17.6. The zero-order chi connectivity index (χ0) is 27.1. The molecule has 1 unspecified atom stereocenters. The Morgan fingerprint density at radius 3 is 2.41 bits per heavy atom. The van der Waals surface area contributed by atoms with Crippen molar-refractivity contribution in [3.8, 4) is 0 Å². The van der Waals surface area contributed by atoms with Crippen LogP contribution in [-0.4, -0.2) is 59.0 Å². The van der Waals surface area contributed by atoms with Gasteiger partial charge in [-0.1, -0.05) is 33.8 Å². The van der Waals surface area contributed by atoms with Crippen molar-refractivity contribution in [3.05, 3.63) is 52.0 Å². The highest BCUT2D eigenvalue weighted by Gasteiger charge is 2.25. The first-order valence-electron chi connectivity index (χ1n) is 13.4. The van der Waals surface area contributed by atoms with Crippen LogP contribution >= 0.6 is 11.3 Å². The number of aromatic nitrogens is 2. The van der Waals surface area contributed by atoms with Gasteiger partial charge in [0, 0.05) is 35.5 Å². The maximum Gasteiger partial charge on any atom is 0.252 e. The number of nitrogens with zero attached hydrogens (tertiary/aromatic N) is 3. The molecule has 8 heteroatoms. The molecule has 2 heterocycles. The number of nitrogens with one attached hydrogen (secondary N) is 2. The van der Waals surface area contributed by atoms with E-state index < -0.39 is 6.04 Å². The van der Waals surface area contributed by atoms with E-state index >= 15 is 0 Å². The zero-order valence-corrected chi connectivity index (χ0v) is 24.2. The predicted molar refractivity (Wildman–Crippen MR) is 153 cm³/mol. The minimum Gasteiger partial charge on any atom is -0.351 e. The van der Waals surface area contributed by atoms with Gasteiger partial charge in [0.15, 0.2) is 0 Å². The quantitative estimate of drug-likeness (QED) is 0.319. The van der Waals surface area contributed by atoms with Gasteiger partial charge in [-0.05, 0) is 75.8 Å². The summed E-state index contributed by atoms with van der Waals surface area (Å²) in [6.07, 6.45) is 3.37. The summed E-state index contributed by atoms with van der Waals surface area (Å²) in [5.74, 6) is 0.891. The Balaban J connectivity index is 1.87.